The standard InChI is InChI=1S/C17H22N2O/c1-12-16-10-13-4-5-14(20)11-15(13)17(12,2)6-9-19(16)8-3-7-18/h4-5,11-12,16,20H,3,6,8-10H2,1-2H3/t12-,16+,17+/m0/s1. The van der Waals surface area contributed by atoms with Crippen molar-refractivity contribution in [3.05, 3.63) is 29.3 Å². The van der Waals surface area contributed by atoms with E-state index in [0.29, 0.717) is 24.1 Å². The van der Waals surface area contributed by atoms with Crippen molar-refractivity contribution in [1.82, 2.24) is 4.90 Å². The van der Waals surface area contributed by atoms with Crippen LogP contribution in [0.5, 0.6) is 5.75 Å². The van der Waals surface area contributed by atoms with Gasteiger partial charge in [-0.2, -0.15) is 5.26 Å². The minimum absolute atomic E-state index is 0.153. The number of nitriles is 1. The van der Waals surface area contributed by atoms with E-state index in [4.69, 9.17) is 5.26 Å². The molecule has 1 aromatic rings. The first-order valence-corrected chi connectivity index (χ1v) is 7.49. The molecule has 2 bridgehead atoms. The molecule has 2 aliphatic rings. The molecule has 3 rings (SSSR count). The molecule has 0 aromatic heterocycles. The Bertz CT molecular complexity index is 563. The average molecular weight is 270 g/mol. The summed E-state index contributed by atoms with van der Waals surface area (Å²) in [6, 6.07) is 8.64. The summed E-state index contributed by atoms with van der Waals surface area (Å²) in [7, 11) is 0. The van der Waals surface area contributed by atoms with Gasteiger partial charge in [0, 0.05) is 19.0 Å². The van der Waals surface area contributed by atoms with E-state index in [1.54, 1.807) is 6.07 Å². The topological polar surface area (TPSA) is 47.3 Å². The SMILES string of the molecule is C[C@H]1[C@H]2Cc3ccc(O)cc3[C@]1(C)CCN2CCC#N. The molecule has 1 N–H and O–H groups in total. The third-order valence-corrected chi connectivity index (χ3v) is 5.62. The van der Waals surface area contributed by atoms with E-state index in [0.717, 1.165) is 25.9 Å². The van der Waals surface area contributed by atoms with Crippen LogP contribution in [0.3, 0.4) is 0 Å². The van der Waals surface area contributed by atoms with Crippen molar-refractivity contribution < 1.29 is 5.11 Å². The molecule has 1 aliphatic carbocycles. The predicted octanol–water partition coefficient (Wildman–Crippen LogP) is 2.83. The minimum Gasteiger partial charge on any atom is -0.508 e. The maximum atomic E-state index is 9.81. The number of phenols is 1. The van der Waals surface area contributed by atoms with Crippen molar-refractivity contribution in [1.29, 1.82) is 5.26 Å². The fraction of sp³-hybridized carbons (Fsp3) is 0.588. The molecule has 1 aromatic carbocycles. The lowest BCUT2D eigenvalue weighted by atomic mass is 9.59. The molecular weight excluding hydrogens is 248 g/mol. The molecule has 0 spiro atoms. The maximum Gasteiger partial charge on any atom is 0.115 e. The van der Waals surface area contributed by atoms with Gasteiger partial charge in [-0.15, -0.1) is 0 Å². The summed E-state index contributed by atoms with van der Waals surface area (Å²) >= 11 is 0. The zero-order valence-electron chi connectivity index (χ0n) is 12.3. The molecule has 3 nitrogen and oxygen atoms in total. The van der Waals surface area contributed by atoms with Crippen LogP contribution in [0, 0.1) is 17.2 Å². The molecule has 0 amide bonds. The summed E-state index contributed by atoms with van der Waals surface area (Å²) in [5.74, 6) is 0.937. The first kappa shape index (κ1) is 13.5. The number of rotatable bonds is 2. The van der Waals surface area contributed by atoms with Crippen LogP contribution in [-0.2, 0) is 11.8 Å². The first-order valence-electron chi connectivity index (χ1n) is 7.49. The Morgan fingerprint density at radius 2 is 2.30 bits per heavy atom. The van der Waals surface area contributed by atoms with Crippen molar-refractivity contribution in [2.24, 2.45) is 5.92 Å². The number of likely N-dealkylation sites (tertiary alicyclic amines) is 1. The second-order valence-electron chi connectivity index (χ2n) is 6.51. The Balaban J connectivity index is 1.98. The number of fused-ring (bicyclic) bond motifs is 4. The number of hydrogen-bond donors (Lipinski definition) is 1. The molecule has 3 atom stereocenters. The summed E-state index contributed by atoms with van der Waals surface area (Å²) in [4.78, 5) is 2.49. The Morgan fingerprint density at radius 3 is 3.05 bits per heavy atom. The van der Waals surface area contributed by atoms with Crippen LogP contribution in [0.1, 0.15) is 37.8 Å². The van der Waals surface area contributed by atoms with E-state index in [1.165, 1.54) is 11.1 Å². The van der Waals surface area contributed by atoms with Gasteiger partial charge in [-0.05, 0) is 54.0 Å². The van der Waals surface area contributed by atoms with Crippen molar-refractivity contribution in [3.63, 3.8) is 0 Å². The highest BCUT2D eigenvalue weighted by atomic mass is 16.3. The van der Waals surface area contributed by atoms with Gasteiger partial charge in [0.1, 0.15) is 5.75 Å². The monoisotopic (exact) mass is 270 g/mol. The van der Waals surface area contributed by atoms with Gasteiger partial charge >= 0.3 is 0 Å². The number of benzene rings is 1. The molecular formula is C17H22N2O. The molecule has 1 saturated heterocycles. The summed E-state index contributed by atoms with van der Waals surface area (Å²) in [5.41, 5.74) is 2.86. The van der Waals surface area contributed by atoms with Gasteiger partial charge in [-0.25, -0.2) is 0 Å². The molecule has 0 unspecified atom stereocenters. The maximum absolute atomic E-state index is 9.81. The summed E-state index contributed by atoms with van der Waals surface area (Å²) in [6.45, 7) is 6.61. The molecule has 1 aliphatic heterocycles. The van der Waals surface area contributed by atoms with Crippen LogP contribution in [0.4, 0.5) is 0 Å². The number of nitrogens with zero attached hydrogens (tertiary/aromatic N) is 2. The van der Waals surface area contributed by atoms with Crippen molar-refractivity contribution >= 4 is 0 Å². The van der Waals surface area contributed by atoms with Crippen molar-refractivity contribution in [2.45, 2.75) is 44.6 Å². The van der Waals surface area contributed by atoms with Gasteiger partial charge in [-0.1, -0.05) is 19.9 Å². The second kappa shape index (κ2) is 4.79. The van der Waals surface area contributed by atoms with Gasteiger partial charge in [0.25, 0.3) is 0 Å². The molecule has 1 heterocycles. The highest BCUT2D eigenvalue weighted by Crippen LogP contribution is 2.49. The lowest BCUT2D eigenvalue weighted by molar-refractivity contribution is 0.0329. The normalized spacial score (nSPS) is 32.5. The van der Waals surface area contributed by atoms with Crippen LogP contribution < -0.4 is 0 Å². The van der Waals surface area contributed by atoms with E-state index >= 15 is 0 Å². The van der Waals surface area contributed by atoms with E-state index in [9.17, 15) is 5.11 Å². The first-order chi connectivity index (χ1) is 9.56. The number of aromatic hydroxyl groups is 1. The highest BCUT2D eigenvalue weighted by Gasteiger charge is 2.48. The lowest BCUT2D eigenvalue weighted by Gasteiger charge is -2.54. The van der Waals surface area contributed by atoms with Crippen molar-refractivity contribution in [3.8, 4) is 11.8 Å². The third kappa shape index (κ3) is 1.91. The molecule has 3 heteroatoms. The highest BCUT2D eigenvalue weighted by molar-refractivity contribution is 5.44. The van der Waals surface area contributed by atoms with Crippen LogP contribution >= 0.6 is 0 Å². The molecule has 1 fully saturated rings. The quantitative estimate of drug-likeness (QED) is 0.899. The van der Waals surface area contributed by atoms with E-state index in [1.807, 2.05) is 6.07 Å². The number of hydrogen-bond acceptors (Lipinski definition) is 3. The van der Waals surface area contributed by atoms with Gasteiger partial charge in [0.05, 0.1) is 6.07 Å². The third-order valence-electron chi connectivity index (χ3n) is 5.62. The Morgan fingerprint density at radius 1 is 1.50 bits per heavy atom. The predicted molar refractivity (Wildman–Crippen MR) is 78.5 cm³/mol. The summed E-state index contributed by atoms with van der Waals surface area (Å²) in [5, 5.41) is 18.6. The molecule has 106 valence electrons. The Hall–Kier alpha value is -1.53. The van der Waals surface area contributed by atoms with Crippen LogP contribution in [0.15, 0.2) is 18.2 Å². The van der Waals surface area contributed by atoms with Gasteiger partial charge < -0.3 is 5.11 Å². The Kier molecular flexibility index (Phi) is 3.22. The van der Waals surface area contributed by atoms with Crippen LogP contribution in [-0.4, -0.2) is 29.1 Å². The van der Waals surface area contributed by atoms with Gasteiger partial charge in [0.15, 0.2) is 0 Å². The summed E-state index contributed by atoms with van der Waals surface area (Å²) in [6.07, 6.45) is 2.76. The smallest absolute Gasteiger partial charge is 0.115 e. The molecule has 0 saturated carbocycles. The zero-order chi connectivity index (χ0) is 14.3. The molecule has 20 heavy (non-hydrogen) atoms. The second-order valence-corrected chi connectivity index (χ2v) is 6.51. The lowest BCUT2D eigenvalue weighted by Crippen LogP contribution is -2.58. The number of piperidine rings is 1. The Labute approximate surface area is 120 Å². The fourth-order valence-corrected chi connectivity index (χ4v) is 4.17. The zero-order valence-corrected chi connectivity index (χ0v) is 12.3. The minimum atomic E-state index is 0.153. The van der Waals surface area contributed by atoms with E-state index < -0.39 is 0 Å². The van der Waals surface area contributed by atoms with Crippen molar-refractivity contribution in [2.75, 3.05) is 13.1 Å². The largest absolute Gasteiger partial charge is 0.508 e. The fourth-order valence-electron chi connectivity index (χ4n) is 4.17. The van der Waals surface area contributed by atoms with E-state index in [-0.39, 0.29) is 5.41 Å². The summed E-state index contributed by atoms with van der Waals surface area (Å²) < 4.78 is 0. The number of phenolic OH excluding ortho intramolecular Hbond substituents is 1. The van der Waals surface area contributed by atoms with Crippen LogP contribution in [0.25, 0.3) is 0 Å². The van der Waals surface area contributed by atoms with Crippen LogP contribution in [0.2, 0.25) is 0 Å². The van der Waals surface area contributed by atoms with Gasteiger partial charge in [0.2, 0.25) is 0 Å². The molecule has 0 radical (unpaired) electrons. The average Bonchev–Trinajstić information content (AvgIpc) is 2.43. The van der Waals surface area contributed by atoms with Gasteiger partial charge in [-0.3, -0.25) is 4.90 Å². The van der Waals surface area contributed by atoms with E-state index in [2.05, 4.69) is 30.9 Å².